The molecule has 0 aliphatic heterocycles. The largest absolute Gasteiger partial charge is 0.280 e. The number of pyridine rings is 2. The fourth-order valence-corrected chi connectivity index (χ4v) is 5.91. The molecular formula is C29H22F2N4O4S2. The zero-order chi connectivity index (χ0) is 29.4. The van der Waals surface area contributed by atoms with Crippen molar-refractivity contribution in [3.05, 3.63) is 115 Å². The van der Waals surface area contributed by atoms with E-state index in [4.69, 9.17) is 0 Å². The number of aromatic nitrogens is 2. The molecule has 41 heavy (non-hydrogen) atoms. The average molecular weight is 593 g/mol. The number of hydrogen-bond acceptors (Lipinski definition) is 6. The van der Waals surface area contributed by atoms with E-state index in [1.165, 1.54) is 0 Å². The van der Waals surface area contributed by atoms with Gasteiger partial charge in [0.2, 0.25) is 0 Å². The quantitative estimate of drug-likeness (QED) is 0.220. The molecule has 0 radical (unpaired) electrons. The summed E-state index contributed by atoms with van der Waals surface area (Å²) < 4.78 is 81.6. The van der Waals surface area contributed by atoms with Gasteiger partial charge in [-0.1, -0.05) is 24.8 Å². The van der Waals surface area contributed by atoms with Crippen LogP contribution in [0.5, 0.6) is 0 Å². The molecule has 5 aromatic rings. The van der Waals surface area contributed by atoms with Gasteiger partial charge in [0, 0.05) is 40.5 Å². The number of halogens is 2. The number of benzene rings is 3. The van der Waals surface area contributed by atoms with Gasteiger partial charge in [0.05, 0.1) is 16.9 Å². The minimum Gasteiger partial charge on any atom is -0.280 e. The first-order valence-corrected chi connectivity index (χ1v) is 15.1. The van der Waals surface area contributed by atoms with Crippen molar-refractivity contribution in [1.82, 2.24) is 9.97 Å². The van der Waals surface area contributed by atoms with Gasteiger partial charge in [-0.2, -0.15) is 0 Å². The Labute approximate surface area is 235 Å². The highest BCUT2D eigenvalue weighted by Crippen LogP contribution is 2.33. The molecule has 0 bridgehead atoms. The van der Waals surface area contributed by atoms with Gasteiger partial charge in [0.25, 0.3) is 20.0 Å². The van der Waals surface area contributed by atoms with Crippen LogP contribution in [0.15, 0.2) is 102 Å². The van der Waals surface area contributed by atoms with Crippen molar-refractivity contribution in [3.63, 3.8) is 0 Å². The van der Waals surface area contributed by atoms with Gasteiger partial charge >= 0.3 is 0 Å². The Morgan fingerprint density at radius 3 is 2.24 bits per heavy atom. The average Bonchev–Trinajstić information content (AvgIpc) is 2.93. The van der Waals surface area contributed by atoms with Crippen molar-refractivity contribution in [1.29, 1.82) is 0 Å². The smallest absolute Gasteiger partial charge is 0.264 e. The van der Waals surface area contributed by atoms with E-state index in [0.29, 0.717) is 34.1 Å². The second kappa shape index (κ2) is 10.7. The van der Waals surface area contributed by atoms with E-state index < -0.39 is 36.6 Å². The van der Waals surface area contributed by atoms with Gasteiger partial charge in [-0.05, 0) is 72.1 Å². The van der Waals surface area contributed by atoms with Crippen LogP contribution in [0.1, 0.15) is 5.69 Å². The number of nitrogens with zero attached hydrogens (tertiary/aromatic N) is 2. The Morgan fingerprint density at radius 2 is 1.54 bits per heavy atom. The fourth-order valence-electron chi connectivity index (χ4n) is 4.19. The summed E-state index contributed by atoms with van der Waals surface area (Å²) in [5.41, 5.74) is 4.52. The highest BCUT2D eigenvalue weighted by atomic mass is 32.2. The van der Waals surface area contributed by atoms with E-state index in [0.717, 1.165) is 34.1 Å². The van der Waals surface area contributed by atoms with E-state index in [2.05, 4.69) is 26.0 Å². The first-order valence-electron chi connectivity index (χ1n) is 12.1. The van der Waals surface area contributed by atoms with Crippen LogP contribution in [0.25, 0.3) is 33.2 Å². The van der Waals surface area contributed by atoms with Gasteiger partial charge < -0.3 is 0 Å². The third kappa shape index (κ3) is 5.93. The molecule has 0 saturated heterocycles. The molecule has 208 valence electrons. The van der Waals surface area contributed by atoms with Crippen LogP contribution in [0.4, 0.5) is 20.2 Å². The third-order valence-corrected chi connectivity index (χ3v) is 8.62. The Hall–Kier alpha value is -4.68. The Bertz CT molecular complexity index is 2030. The van der Waals surface area contributed by atoms with Gasteiger partial charge in [-0.3, -0.25) is 19.4 Å². The molecule has 2 heterocycles. The molecule has 0 fully saturated rings. The number of sulfonamides is 2. The zero-order valence-electron chi connectivity index (χ0n) is 21.5. The number of hydrogen-bond donors (Lipinski definition) is 2. The van der Waals surface area contributed by atoms with Crippen molar-refractivity contribution >= 4 is 42.3 Å². The van der Waals surface area contributed by atoms with Gasteiger partial charge in [0.1, 0.15) is 16.5 Å². The molecule has 0 spiro atoms. The van der Waals surface area contributed by atoms with Crippen LogP contribution < -0.4 is 9.44 Å². The topological polar surface area (TPSA) is 118 Å². The summed E-state index contributed by atoms with van der Waals surface area (Å²) in [5, 5.41) is 1.62. The number of aryl methyl sites for hydroxylation is 1. The molecule has 12 heteroatoms. The standard InChI is InChI=1S/C29H22F2N4O4S2/c1-3-40(36,37)34-23-8-4-19(5-9-23)24-12-13-32-27-10-6-20(14-25(24)27)21-15-28(18(2)33-17-21)35-41(38,39)29-11-7-22(30)16-26(29)31/h3-17,34-35H,1H2,2H3. The monoisotopic (exact) mass is 592 g/mol. The van der Waals surface area contributed by atoms with E-state index in [1.54, 1.807) is 49.6 Å². The van der Waals surface area contributed by atoms with Crippen molar-refractivity contribution < 1.29 is 25.6 Å². The number of rotatable bonds is 8. The molecule has 0 saturated carbocycles. The lowest BCUT2D eigenvalue weighted by Gasteiger charge is -2.13. The number of fused-ring (bicyclic) bond motifs is 1. The lowest BCUT2D eigenvalue weighted by Crippen LogP contribution is -2.16. The lowest BCUT2D eigenvalue weighted by molar-refractivity contribution is 0.551. The second-order valence-corrected chi connectivity index (χ2v) is 12.3. The maximum Gasteiger partial charge on any atom is 0.264 e. The summed E-state index contributed by atoms with van der Waals surface area (Å²) in [5.74, 6) is -2.10. The molecule has 0 aliphatic carbocycles. The highest BCUT2D eigenvalue weighted by molar-refractivity contribution is 7.95. The maximum absolute atomic E-state index is 14.2. The number of nitrogens with one attached hydrogen (secondary N) is 2. The third-order valence-electron chi connectivity index (χ3n) is 6.26. The van der Waals surface area contributed by atoms with E-state index in [-0.39, 0.29) is 5.69 Å². The van der Waals surface area contributed by atoms with Crippen molar-refractivity contribution in [2.24, 2.45) is 0 Å². The molecule has 0 unspecified atom stereocenters. The van der Waals surface area contributed by atoms with Gasteiger partial charge in [-0.15, -0.1) is 0 Å². The van der Waals surface area contributed by atoms with Crippen molar-refractivity contribution in [2.75, 3.05) is 9.44 Å². The predicted molar refractivity (Wildman–Crippen MR) is 155 cm³/mol. The van der Waals surface area contributed by atoms with E-state index in [9.17, 15) is 25.6 Å². The molecule has 8 nitrogen and oxygen atoms in total. The summed E-state index contributed by atoms with van der Waals surface area (Å²) in [6, 6.07) is 18.0. The van der Waals surface area contributed by atoms with Crippen LogP contribution in [0.2, 0.25) is 0 Å². The lowest BCUT2D eigenvalue weighted by atomic mass is 9.97. The summed E-state index contributed by atoms with van der Waals surface area (Å²) in [6.07, 6.45) is 3.25. The molecule has 0 atom stereocenters. The van der Waals surface area contributed by atoms with Crippen LogP contribution in [-0.2, 0) is 20.0 Å². The van der Waals surface area contributed by atoms with Gasteiger partial charge in [-0.25, -0.2) is 25.6 Å². The van der Waals surface area contributed by atoms with Crippen LogP contribution >= 0.6 is 0 Å². The predicted octanol–water partition coefficient (Wildman–Crippen LogP) is 6.24. The molecular weight excluding hydrogens is 570 g/mol. The molecule has 2 N–H and O–H groups in total. The molecule has 0 amide bonds. The summed E-state index contributed by atoms with van der Waals surface area (Å²) in [7, 11) is -8.00. The minimum absolute atomic E-state index is 0.135. The zero-order valence-corrected chi connectivity index (χ0v) is 23.1. The molecule has 0 aliphatic rings. The number of anilines is 2. The summed E-state index contributed by atoms with van der Waals surface area (Å²) in [4.78, 5) is 8.07. The highest BCUT2D eigenvalue weighted by Gasteiger charge is 2.21. The first kappa shape index (κ1) is 27.9. The minimum atomic E-state index is -4.37. The molecule has 2 aromatic heterocycles. The maximum atomic E-state index is 14.2. The normalized spacial score (nSPS) is 11.8. The summed E-state index contributed by atoms with van der Waals surface area (Å²) in [6.45, 7) is 4.89. The molecule has 3 aromatic carbocycles. The van der Waals surface area contributed by atoms with Crippen LogP contribution in [0.3, 0.4) is 0 Å². The van der Waals surface area contributed by atoms with Gasteiger partial charge in [0.15, 0.2) is 0 Å². The molecule has 5 rings (SSSR count). The van der Waals surface area contributed by atoms with Crippen LogP contribution in [-0.4, -0.2) is 26.8 Å². The van der Waals surface area contributed by atoms with Crippen molar-refractivity contribution in [2.45, 2.75) is 11.8 Å². The summed E-state index contributed by atoms with van der Waals surface area (Å²) >= 11 is 0. The fraction of sp³-hybridized carbons (Fsp3) is 0.0345. The van der Waals surface area contributed by atoms with Crippen molar-refractivity contribution in [3.8, 4) is 22.3 Å². The Balaban J connectivity index is 1.51. The Morgan fingerprint density at radius 1 is 0.805 bits per heavy atom. The SMILES string of the molecule is C=CS(=O)(=O)Nc1ccc(-c2ccnc3ccc(-c4cnc(C)c(NS(=O)(=O)c5ccc(F)cc5F)c4)cc23)cc1. The van der Waals surface area contributed by atoms with E-state index in [1.807, 2.05) is 24.3 Å². The second-order valence-electron chi connectivity index (χ2n) is 9.02. The van der Waals surface area contributed by atoms with E-state index >= 15 is 0 Å². The first-order chi connectivity index (χ1) is 19.5. The van der Waals surface area contributed by atoms with Crippen LogP contribution in [0, 0.1) is 18.6 Å². The Kier molecular flexibility index (Phi) is 7.28.